The standard InChI is InChI=1S/C23H24FN5O3S/c1-14-7-16(26-3)10-27-20(14)19(30)9-15-5-6-18(24)17(8-15)22(2)13-33(31,32)23(21(25)28-22)11-29(4)12-23/h5-8,10H,9,11-13H2,1-2,4H3,(H2,25,28)/t22-/m0/s1. The summed E-state index contributed by atoms with van der Waals surface area (Å²) in [5.41, 5.74) is 6.48. The van der Waals surface area contributed by atoms with Crippen LogP contribution in [0, 0.1) is 19.3 Å². The number of aryl methyl sites for hydroxylation is 1. The average molecular weight is 470 g/mol. The molecule has 2 N–H and O–H groups in total. The molecule has 3 heterocycles. The molecule has 1 saturated heterocycles. The van der Waals surface area contributed by atoms with E-state index in [-0.39, 0.29) is 48.1 Å². The van der Waals surface area contributed by atoms with Crippen LogP contribution in [-0.2, 0) is 21.8 Å². The molecule has 2 aromatic rings. The smallest absolute Gasteiger partial charge is 0.205 e. The van der Waals surface area contributed by atoms with Crippen molar-refractivity contribution in [3.63, 3.8) is 0 Å². The summed E-state index contributed by atoms with van der Waals surface area (Å²) in [7, 11) is -1.90. The van der Waals surface area contributed by atoms with Crippen LogP contribution in [0.4, 0.5) is 10.1 Å². The van der Waals surface area contributed by atoms with Gasteiger partial charge in [0.1, 0.15) is 22.9 Å². The summed E-state index contributed by atoms with van der Waals surface area (Å²) in [6.07, 6.45) is 1.28. The van der Waals surface area contributed by atoms with Gasteiger partial charge in [-0.2, -0.15) is 0 Å². The molecule has 1 aromatic carbocycles. The van der Waals surface area contributed by atoms with Gasteiger partial charge in [0, 0.05) is 31.3 Å². The first-order valence-corrected chi connectivity index (χ1v) is 12.0. The number of likely N-dealkylation sites (tertiary alicyclic amines) is 1. The fourth-order valence-corrected chi connectivity index (χ4v) is 7.10. The van der Waals surface area contributed by atoms with Crippen LogP contribution in [0.1, 0.15) is 34.1 Å². The van der Waals surface area contributed by atoms with Crippen LogP contribution in [-0.4, -0.2) is 60.6 Å². The van der Waals surface area contributed by atoms with Crippen molar-refractivity contribution in [3.8, 4) is 0 Å². The number of pyridine rings is 1. The van der Waals surface area contributed by atoms with Crippen molar-refractivity contribution in [3.05, 3.63) is 70.1 Å². The molecule has 1 aromatic heterocycles. The van der Waals surface area contributed by atoms with Gasteiger partial charge in [-0.25, -0.2) is 17.7 Å². The Kier molecular flexibility index (Phi) is 5.38. The van der Waals surface area contributed by atoms with Crippen LogP contribution >= 0.6 is 0 Å². The molecule has 4 rings (SSSR count). The molecule has 0 unspecified atom stereocenters. The van der Waals surface area contributed by atoms with Gasteiger partial charge >= 0.3 is 0 Å². The predicted molar refractivity (Wildman–Crippen MR) is 123 cm³/mol. The topological polar surface area (TPSA) is 110 Å². The number of rotatable bonds is 4. The van der Waals surface area contributed by atoms with Crippen LogP contribution in [0.2, 0.25) is 0 Å². The van der Waals surface area contributed by atoms with Crippen molar-refractivity contribution in [2.45, 2.75) is 30.6 Å². The van der Waals surface area contributed by atoms with Gasteiger partial charge in [-0.3, -0.25) is 14.8 Å². The second kappa shape index (κ2) is 7.71. The molecule has 1 spiro atoms. The monoisotopic (exact) mass is 469 g/mol. The largest absolute Gasteiger partial charge is 0.386 e. The second-order valence-corrected chi connectivity index (χ2v) is 11.4. The summed E-state index contributed by atoms with van der Waals surface area (Å²) in [5.74, 6) is -1.28. The molecular formula is C23H24FN5O3S. The Morgan fingerprint density at radius 2 is 2.03 bits per heavy atom. The molecule has 2 aliphatic heterocycles. The Hall–Kier alpha value is -3.16. The van der Waals surface area contributed by atoms with Crippen LogP contribution in [0.25, 0.3) is 4.85 Å². The fourth-order valence-electron chi connectivity index (χ4n) is 4.67. The molecule has 0 aliphatic carbocycles. The second-order valence-electron chi connectivity index (χ2n) is 9.08. The van der Waals surface area contributed by atoms with E-state index >= 15 is 0 Å². The van der Waals surface area contributed by atoms with E-state index in [1.165, 1.54) is 24.4 Å². The minimum atomic E-state index is -3.70. The molecule has 10 heteroatoms. The first kappa shape index (κ1) is 23.0. The summed E-state index contributed by atoms with van der Waals surface area (Å²) in [4.78, 5) is 26.5. The number of sulfone groups is 1. The SMILES string of the molecule is [C-]#[N+]c1cnc(C(=O)Cc2ccc(F)c([C@]3(C)CS(=O)(=O)C4(CN(C)C4)C(N)=N3)c2)c(C)c1. The van der Waals surface area contributed by atoms with Gasteiger partial charge in [0.25, 0.3) is 0 Å². The van der Waals surface area contributed by atoms with Crippen molar-refractivity contribution < 1.29 is 17.6 Å². The number of ketones is 1. The van der Waals surface area contributed by atoms with E-state index in [9.17, 15) is 17.6 Å². The Labute approximate surface area is 192 Å². The van der Waals surface area contributed by atoms with Gasteiger partial charge in [-0.1, -0.05) is 6.07 Å². The highest BCUT2D eigenvalue weighted by molar-refractivity contribution is 7.93. The number of hydrogen-bond acceptors (Lipinski definition) is 7. The summed E-state index contributed by atoms with van der Waals surface area (Å²) < 4.78 is 40.1. The first-order chi connectivity index (χ1) is 15.4. The normalized spacial score (nSPS) is 23.4. The lowest BCUT2D eigenvalue weighted by Crippen LogP contribution is -2.73. The predicted octanol–water partition coefficient (Wildman–Crippen LogP) is 2.19. The van der Waals surface area contributed by atoms with E-state index in [0.29, 0.717) is 16.8 Å². The van der Waals surface area contributed by atoms with Gasteiger partial charge in [0.15, 0.2) is 20.4 Å². The van der Waals surface area contributed by atoms with Crippen molar-refractivity contribution in [2.75, 3.05) is 25.9 Å². The zero-order valence-electron chi connectivity index (χ0n) is 18.6. The average Bonchev–Trinajstić information content (AvgIpc) is 2.70. The maximum Gasteiger partial charge on any atom is 0.205 e. The zero-order chi connectivity index (χ0) is 24.2. The number of carbonyl (C=O) groups excluding carboxylic acids is 1. The van der Waals surface area contributed by atoms with Crippen molar-refractivity contribution in [1.82, 2.24) is 9.88 Å². The molecule has 0 bridgehead atoms. The molecule has 1 fully saturated rings. The third-order valence-electron chi connectivity index (χ3n) is 6.38. The van der Waals surface area contributed by atoms with E-state index in [1.807, 2.05) is 4.90 Å². The molecule has 0 amide bonds. The summed E-state index contributed by atoms with van der Waals surface area (Å²) in [5, 5.41) is 0. The summed E-state index contributed by atoms with van der Waals surface area (Å²) in [6.45, 7) is 10.8. The molecule has 0 radical (unpaired) electrons. The number of aliphatic imine (C=N–C) groups is 1. The number of nitrogens with two attached hydrogens (primary N) is 1. The lowest BCUT2D eigenvalue weighted by atomic mass is 9.89. The molecule has 33 heavy (non-hydrogen) atoms. The molecule has 2 aliphatic rings. The van der Waals surface area contributed by atoms with Gasteiger partial charge in [0.2, 0.25) is 5.69 Å². The minimum Gasteiger partial charge on any atom is -0.386 e. The van der Waals surface area contributed by atoms with Crippen LogP contribution in [0.15, 0.2) is 35.5 Å². The van der Waals surface area contributed by atoms with Crippen LogP contribution < -0.4 is 5.73 Å². The minimum absolute atomic E-state index is 0.00467. The number of hydrogen-bond donors (Lipinski definition) is 1. The number of carbonyl (C=O) groups is 1. The van der Waals surface area contributed by atoms with Crippen LogP contribution in [0.3, 0.4) is 0 Å². The molecule has 8 nitrogen and oxygen atoms in total. The Morgan fingerprint density at radius 3 is 2.61 bits per heavy atom. The third kappa shape index (κ3) is 3.71. The highest BCUT2D eigenvalue weighted by atomic mass is 32.2. The van der Waals surface area contributed by atoms with Gasteiger partial charge < -0.3 is 10.6 Å². The first-order valence-electron chi connectivity index (χ1n) is 10.3. The number of benzene rings is 1. The maximum atomic E-state index is 14.9. The van der Waals surface area contributed by atoms with Gasteiger partial charge in [-0.05, 0) is 50.2 Å². The molecule has 0 saturated carbocycles. The molecule has 172 valence electrons. The Bertz CT molecular complexity index is 1340. The van der Waals surface area contributed by atoms with E-state index in [0.717, 1.165) is 0 Å². The molecular weight excluding hydrogens is 445 g/mol. The van der Waals surface area contributed by atoms with Crippen molar-refractivity contribution >= 4 is 27.1 Å². The Morgan fingerprint density at radius 1 is 1.33 bits per heavy atom. The lowest BCUT2D eigenvalue weighted by Gasteiger charge is -2.51. The van der Waals surface area contributed by atoms with Gasteiger partial charge in [0.05, 0.1) is 12.3 Å². The fraction of sp³-hybridized carbons (Fsp3) is 0.391. The quantitative estimate of drug-likeness (QED) is 0.543. The van der Waals surface area contributed by atoms with Crippen molar-refractivity contribution in [1.29, 1.82) is 0 Å². The van der Waals surface area contributed by atoms with E-state index in [2.05, 4.69) is 14.8 Å². The highest BCUT2D eigenvalue weighted by Crippen LogP contribution is 2.41. The maximum absolute atomic E-state index is 14.9. The Balaban J connectivity index is 1.68. The lowest BCUT2D eigenvalue weighted by molar-refractivity contribution is 0.0987. The van der Waals surface area contributed by atoms with E-state index < -0.39 is 25.9 Å². The number of nitrogens with zero attached hydrogens (tertiary/aromatic N) is 4. The number of halogens is 1. The van der Waals surface area contributed by atoms with Crippen LogP contribution in [0.5, 0.6) is 0 Å². The third-order valence-corrected chi connectivity index (χ3v) is 8.98. The van der Waals surface area contributed by atoms with E-state index in [4.69, 9.17) is 12.3 Å². The number of aromatic nitrogens is 1. The zero-order valence-corrected chi connectivity index (χ0v) is 19.4. The van der Waals surface area contributed by atoms with Crippen molar-refractivity contribution in [2.24, 2.45) is 10.7 Å². The van der Waals surface area contributed by atoms with Gasteiger partial charge in [-0.15, -0.1) is 0 Å². The highest BCUT2D eigenvalue weighted by Gasteiger charge is 2.60. The summed E-state index contributed by atoms with van der Waals surface area (Å²) >= 11 is 0. The summed E-state index contributed by atoms with van der Waals surface area (Å²) in [6, 6.07) is 5.76. The number of amidine groups is 1. The molecule has 1 atom stereocenters. The van der Waals surface area contributed by atoms with E-state index in [1.54, 1.807) is 27.0 Å². The number of Topliss-reactive ketones (excluding diaryl/α,β-unsaturated/α-hetero) is 1.